The van der Waals surface area contributed by atoms with E-state index in [2.05, 4.69) is 0 Å². The third-order valence-corrected chi connectivity index (χ3v) is 3.62. The van der Waals surface area contributed by atoms with E-state index in [1.165, 1.54) is 4.90 Å². The van der Waals surface area contributed by atoms with E-state index in [4.69, 9.17) is 36.8 Å². The maximum Gasteiger partial charge on any atom is 0.490 e. The molecule has 0 aromatic rings. The molecule has 10 nitrogen and oxygen atoms in total. The van der Waals surface area contributed by atoms with Crippen molar-refractivity contribution in [1.29, 1.82) is 5.41 Å². The smallest absolute Gasteiger partial charge is 0.480 e. The highest BCUT2D eigenvalue weighted by Gasteiger charge is 2.49. The van der Waals surface area contributed by atoms with Crippen molar-refractivity contribution in [2.75, 3.05) is 13.1 Å². The summed E-state index contributed by atoms with van der Waals surface area (Å²) in [5.41, 5.74) is 9.77. The molecule has 0 aliphatic carbocycles. The van der Waals surface area contributed by atoms with Crippen molar-refractivity contribution in [1.82, 2.24) is 4.90 Å². The topological polar surface area (TPSA) is 194 Å². The first-order valence-corrected chi connectivity index (χ1v) is 6.99. The lowest BCUT2D eigenvalue weighted by Crippen LogP contribution is -2.55. The fourth-order valence-corrected chi connectivity index (χ4v) is 2.26. The summed E-state index contributed by atoms with van der Waals surface area (Å²) in [4.78, 5) is 21.6. The first-order valence-electron chi connectivity index (χ1n) is 6.99. The average Bonchev–Trinajstić information content (AvgIpc) is 2.77. The molecule has 1 heterocycles. The molecule has 0 unspecified atom stereocenters. The van der Waals surface area contributed by atoms with E-state index in [0.29, 0.717) is 19.4 Å². The number of rotatable bonds is 5. The van der Waals surface area contributed by atoms with Crippen LogP contribution in [0, 0.1) is 11.3 Å². The van der Waals surface area contributed by atoms with Crippen molar-refractivity contribution in [2.45, 2.75) is 30.9 Å². The average molecular weight is 372 g/mol. The molecule has 0 spiro atoms. The first-order chi connectivity index (χ1) is 11.2. The largest absolute Gasteiger partial charge is 0.490 e. The Morgan fingerprint density at radius 3 is 2.12 bits per heavy atom. The van der Waals surface area contributed by atoms with Crippen molar-refractivity contribution in [3.05, 3.63) is 0 Å². The molecule has 0 saturated carbocycles. The third kappa shape index (κ3) is 7.15. The van der Waals surface area contributed by atoms with Gasteiger partial charge in [-0.2, -0.15) is 13.2 Å². The van der Waals surface area contributed by atoms with Gasteiger partial charge in [-0.1, -0.05) is 6.42 Å². The first kappa shape index (κ1) is 22.9. The van der Waals surface area contributed by atoms with Crippen molar-refractivity contribution in [3.8, 4) is 0 Å². The number of halogens is 3. The minimum atomic E-state index is -5.08. The van der Waals surface area contributed by atoms with Crippen LogP contribution in [0.15, 0.2) is 0 Å². The van der Waals surface area contributed by atoms with Gasteiger partial charge in [0, 0.05) is 19.0 Å². The predicted octanol–water partition coefficient (Wildman–Crippen LogP) is -1.52. The summed E-state index contributed by atoms with van der Waals surface area (Å²) in [6.07, 6.45) is -4.00. The molecule has 1 saturated heterocycles. The highest BCUT2D eigenvalue weighted by atomic mass is 19.4. The number of guanidine groups is 1. The Morgan fingerprint density at radius 1 is 1.32 bits per heavy atom. The van der Waals surface area contributed by atoms with Crippen molar-refractivity contribution in [2.24, 2.45) is 17.4 Å². The number of nitrogens with zero attached hydrogens (tertiary/aromatic N) is 1. The molecule has 0 radical (unpaired) electrons. The Kier molecular flexibility index (Phi) is 8.14. The van der Waals surface area contributed by atoms with Crippen LogP contribution in [0.3, 0.4) is 0 Å². The number of likely N-dealkylation sites (tertiary alicyclic amines) is 1. The van der Waals surface area contributed by atoms with Gasteiger partial charge in [0.05, 0.1) is 0 Å². The quantitative estimate of drug-likeness (QED) is 0.170. The molecule has 1 aliphatic rings. The van der Waals surface area contributed by atoms with Crippen LogP contribution in [0.5, 0.6) is 0 Å². The number of carboxylic acid groups (broad SMARTS) is 2. The molecule has 2 atom stereocenters. The summed E-state index contributed by atoms with van der Waals surface area (Å²) in [6, 6.07) is 0. The molecule has 0 bridgehead atoms. The van der Waals surface area contributed by atoms with Gasteiger partial charge < -0.3 is 36.6 Å². The van der Waals surface area contributed by atoms with Gasteiger partial charge in [0.15, 0.2) is 5.96 Å². The zero-order valence-electron chi connectivity index (χ0n) is 13.0. The number of alkyl halides is 3. The summed E-state index contributed by atoms with van der Waals surface area (Å²) in [5.74, 6) is -4.44. The number of hydrogen-bond acceptors (Lipinski definition) is 6. The van der Waals surface area contributed by atoms with Gasteiger partial charge in [0.25, 0.3) is 0 Å². The second-order valence-electron chi connectivity index (χ2n) is 5.52. The fraction of sp³-hybridized carbons (Fsp3) is 0.727. The van der Waals surface area contributed by atoms with Crippen LogP contribution in [0.25, 0.3) is 0 Å². The summed E-state index contributed by atoms with van der Waals surface area (Å²) < 4.78 is 31.7. The molecule has 0 aromatic heterocycles. The second-order valence-corrected chi connectivity index (χ2v) is 5.52. The van der Waals surface area contributed by atoms with Crippen molar-refractivity contribution < 1.29 is 43.0 Å². The zero-order valence-corrected chi connectivity index (χ0v) is 13.0. The van der Waals surface area contributed by atoms with E-state index >= 15 is 0 Å². The van der Waals surface area contributed by atoms with E-state index in [1.54, 1.807) is 0 Å². The van der Waals surface area contributed by atoms with Gasteiger partial charge in [-0.15, -0.1) is 0 Å². The third-order valence-electron chi connectivity index (χ3n) is 3.62. The maximum atomic E-state index is 11.2. The molecule has 1 fully saturated rings. The lowest BCUT2D eigenvalue weighted by atomic mass is 9.78. The van der Waals surface area contributed by atoms with E-state index in [-0.39, 0.29) is 24.7 Å². The lowest BCUT2D eigenvalue weighted by molar-refractivity contribution is -0.192. The van der Waals surface area contributed by atoms with Crippen LogP contribution >= 0.6 is 0 Å². The number of aliphatic carboxylic acids is 2. The van der Waals surface area contributed by atoms with Gasteiger partial charge in [0.1, 0.15) is 5.54 Å². The fourth-order valence-electron chi connectivity index (χ4n) is 2.26. The zero-order chi connectivity index (χ0) is 20.0. The predicted molar refractivity (Wildman–Crippen MR) is 79.5 cm³/mol. The molecule has 9 N–H and O–H groups in total. The number of carbonyl (C=O) groups is 2. The van der Waals surface area contributed by atoms with E-state index in [1.807, 2.05) is 0 Å². The SMILES string of the molecule is N=C(N)N1C[C@@H](CCCB(O)O)[C@@](N)(C(=O)O)C1.O=C(O)C(F)(F)F. The van der Waals surface area contributed by atoms with E-state index in [9.17, 15) is 23.1 Å². The number of carboxylic acids is 2. The van der Waals surface area contributed by atoms with E-state index in [0.717, 1.165) is 0 Å². The Bertz CT molecular complexity index is 507. The standard InChI is InChI=1S/C9H19BN4O4.C2HF3O2/c11-8(12)14-4-6(2-1-3-10(17)18)9(13,5-14)7(15)16;3-2(4,5)1(6)7/h6,17-18H,1-5,13H2,(H3,11,12)(H,15,16);(H,6,7)/t6-,9-;/m1./s1. The minimum absolute atomic E-state index is 0.00398. The van der Waals surface area contributed by atoms with Gasteiger partial charge in [-0.3, -0.25) is 10.2 Å². The van der Waals surface area contributed by atoms with Crippen LogP contribution in [0.1, 0.15) is 12.8 Å². The molecule has 1 aliphatic heterocycles. The van der Waals surface area contributed by atoms with Crippen LogP contribution in [-0.4, -0.2) is 75.0 Å². The summed E-state index contributed by atoms with van der Waals surface area (Å²) >= 11 is 0. The number of nitrogens with two attached hydrogens (primary N) is 2. The Balaban J connectivity index is 0.000000697. The van der Waals surface area contributed by atoms with Gasteiger partial charge in [0.2, 0.25) is 0 Å². The molecule has 14 heteroatoms. The maximum absolute atomic E-state index is 11.2. The van der Waals surface area contributed by atoms with Crippen LogP contribution in [-0.2, 0) is 9.59 Å². The minimum Gasteiger partial charge on any atom is -0.480 e. The normalized spacial score (nSPS) is 22.8. The van der Waals surface area contributed by atoms with Crippen molar-refractivity contribution in [3.63, 3.8) is 0 Å². The molecule has 0 aromatic carbocycles. The second kappa shape index (κ2) is 8.87. The van der Waals surface area contributed by atoms with Crippen molar-refractivity contribution >= 4 is 25.0 Å². The van der Waals surface area contributed by atoms with Crippen LogP contribution < -0.4 is 11.5 Å². The number of nitrogens with one attached hydrogen (secondary N) is 1. The Morgan fingerprint density at radius 2 is 1.80 bits per heavy atom. The molecular weight excluding hydrogens is 352 g/mol. The lowest BCUT2D eigenvalue weighted by Gasteiger charge is -2.25. The van der Waals surface area contributed by atoms with Crippen LogP contribution in [0.2, 0.25) is 6.32 Å². The van der Waals surface area contributed by atoms with Gasteiger partial charge >= 0.3 is 25.2 Å². The molecular formula is C11H20BF3N4O6. The summed E-state index contributed by atoms with van der Waals surface area (Å²) in [5, 5.41) is 41.1. The molecule has 144 valence electrons. The molecule has 25 heavy (non-hydrogen) atoms. The number of hydrogen-bond donors (Lipinski definition) is 7. The Labute approximate surface area is 140 Å². The monoisotopic (exact) mass is 372 g/mol. The highest BCUT2D eigenvalue weighted by molar-refractivity contribution is 6.40. The highest BCUT2D eigenvalue weighted by Crippen LogP contribution is 2.30. The Hall–Kier alpha value is -2.06. The van der Waals surface area contributed by atoms with Gasteiger partial charge in [-0.25, -0.2) is 4.79 Å². The molecule has 0 amide bonds. The summed E-state index contributed by atoms with van der Waals surface area (Å²) in [7, 11) is -1.40. The van der Waals surface area contributed by atoms with Gasteiger partial charge in [-0.05, 0) is 12.7 Å². The molecule has 1 rings (SSSR count). The van der Waals surface area contributed by atoms with Crippen LogP contribution in [0.4, 0.5) is 13.2 Å². The summed E-state index contributed by atoms with van der Waals surface area (Å²) in [6.45, 7) is 0.309. The van der Waals surface area contributed by atoms with E-state index < -0.39 is 30.8 Å².